The van der Waals surface area contributed by atoms with E-state index < -0.39 is 12.1 Å². The number of carbonyl (C=O) groups excluding carboxylic acids is 1. The van der Waals surface area contributed by atoms with Gasteiger partial charge in [0.1, 0.15) is 5.75 Å². The summed E-state index contributed by atoms with van der Waals surface area (Å²) < 4.78 is 5.29. The lowest BCUT2D eigenvalue weighted by molar-refractivity contribution is -0.136. The first-order valence-electron chi connectivity index (χ1n) is 8.56. The molecule has 2 aromatic rings. The zero-order valence-corrected chi connectivity index (χ0v) is 14.7. The number of aliphatic hydroxyl groups excluding tert-OH is 1. The molecule has 4 heteroatoms. The zero-order valence-electron chi connectivity index (χ0n) is 14.0. The van der Waals surface area contributed by atoms with Crippen molar-refractivity contribution in [1.82, 2.24) is 0 Å². The molecule has 3 nitrogen and oxygen atoms in total. The van der Waals surface area contributed by atoms with Crippen molar-refractivity contribution in [3.63, 3.8) is 0 Å². The minimum Gasteiger partial charge on any atom is -0.426 e. The molecule has 0 saturated carbocycles. The number of hydrogen-bond donors (Lipinski definition) is 1. The van der Waals surface area contributed by atoms with E-state index in [1.54, 1.807) is 24.3 Å². The van der Waals surface area contributed by atoms with Crippen LogP contribution in [0.15, 0.2) is 60.2 Å². The van der Waals surface area contributed by atoms with Crippen molar-refractivity contribution in [2.75, 3.05) is 0 Å². The van der Waals surface area contributed by atoms with Gasteiger partial charge in [0.25, 0.3) is 0 Å². The van der Waals surface area contributed by atoms with Gasteiger partial charge < -0.3 is 9.84 Å². The maximum atomic E-state index is 12.1. The lowest BCUT2D eigenvalue weighted by Crippen LogP contribution is -2.22. The molecule has 1 aliphatic carbocycles. The fourth-order valence-corrected chi connectivity index (χ4v) is 3.50. The van der Waals surface area contributed by atoms with Crippen LogP contribution in [0.4, 0.5) is 0 Å². The van der Waals surface area contributed by atoms with Crippen LogP contribution in [-0.4, -0.2) is 17.2 Å². The van der Waals surface area contributed by atoms with E-state index in [2.05, 4.69) is 0 Å². The Bertz CT molecular complexity index is 768. The van der Waals surface area contributed by atoms with Gasteiger partial charge in [-0.15, -0.1) is 0 Å². The molecule has 0 spiro atoms. The predicted molar refractivity (Wildman–Crippen MR) is 99.5 cm³/mol. The number of para-hydroxylation sites is 1. The number of halogens is 1. The van der Waals surface area contributed by atoms with Crippen LogP contribution in [-0.2, 0) is 4.79 Å². The van der Waals surface area contributed by atoms with Crippen LogP contribution >= 0.6 is 11.6 Å². The van der Waals surface area contributed by atoms with E-state index in [-0.39, 0.29) is 6.42 Å². The average molecular weight is 357 g/mol. The Kier molecular flexibility index (Phi) is 5.90. The molecule has 0 saturated heterocycles. The SMILES string of the molecule is O=C(CC(O)C1=C(c2ccccc2Cl)CCCC1)Oc1ccccc1. The van der Waals surface area contributed by atoms with Gasteiger partial charge in [0.15, 0.2) is 0 Å². The Hall–Kier alpha value is -2.10. The van der Waals surface area contributed by atoms with Gasteiger partial charge in [-0.3, -0.25) is 4.79 Å². The Labute approximate surface area is 152 Å². The number of ether oxygens (including phenoxy) is 1. The molecule has 130 valence electrons. The molecular formula is C21H21ClO3. The quantitative estimate of drug-likeness (QED) is 0.604. The molecule has 0 aromatic heterocycles. The Morgan fingerprint density at radius 1 is 1.04 bits per heavy atom. The van der Waals surface area contributed by atoms with E-state index in [9.17, 15) is 9.90 Å². The van der Waals surface area contributed by atoms with Crippen LogP contribution in [0.2, 0.25) is 5.02 Å². The van der Waals surface area contributed by atoms with Crippen molar-refractivity contribution < 1.29 is 14.6 Å². The third-order valence-electron chi connectivity index (χ3n) is 4.45. The third-order valence-corrected chi connectivity index (χ3v) is 4.78. The lowest BCUT2D eigenvalue weighted by Gasteiger charge is -2.25. The van der Waals surface area contributed by atoms with E-state index in [1.165, 1.54) is 0 Å². The van der Waals surface area contributed by atoms with Gasteiger partial charge >= 0.3 is 5.97 Å². The first kappa shape index (κ1) is 17.7. The molecule has 0 bridgehead atoms. The minimum atomic E-state index is -0.845. The monoisotopic (exact) mass is 356 g/mol. The van der Waals surface area contributed by atoms with Crippen LogP contribution in [0, 0.1) is 0 Å². The second kappa shape index (κ2) is 8.32. The molecule has 1 aliphatic rings. The van der Waals surface area contributed by atoms with Crippen LogP contribution in [0.5, 0.6) is 5.75 Å². The lowest BCUT2D eigenvalue weighted by atomic mass is 9.84. The summed E-state index contributed by atoms with van der Waals surface area (Å²) in [6, 6.07) is 16.6. The normalized spacial score (nSPS) is 15.8. The summed E-state index contributed by atoms with van der Waals surface area (Å²) in [5, 5.41) is 11.3. The molecule has 3 rings (SSSR count). The van der Waals surface area contributed by atoms with Gasteiger partial charge in [0.2, 0.25) is 0 Å². The largest absolute Gasteiger partial charge is 0.426 e. The number of rotatable bonds is 5. The van der Waals surface area contributed by atoms with E-state index >= 15 is 0 Å². The van der Waals surface area contributed by atoms with E-state index in [0.717, 1.165) is 42.4 Å². The number of benzene rings is 2. The summed E-state index contributed by atoms with van der Waals surface area (Å²) in [6.45, 7) is 0. The molecular weight excluding hydrogens is 336 g/mol. The molecule has 0 aliphatic heterocycles. The van der Waals surface area contributed by atoms with Gasteiger partial charge in [-0.05, 0) is 60.6 Å². The summed E-state index contributed by atoms with van der Waals surface area (Å²) in [4.78, 5) is 12.1. The molecule has 2 aromatic carbocycles. The van der Waals surface area contributed by atoms with Crippen molar-refractivity contribution in [3.8, 4) is 5.75 Å². The molecule has 1 N–H and O–H groups in total. The number of allylic oxidation sites excluding steroid dienone is 1. The van der Waals surface area contributed by atoms with Gasteiger partial charge in [-0.1, -0.05) is 48.0 Å². The van der Waals surface area contributed by atoms with Crippen LogP contribution < -0.4 is 4.74 Å². The minimum absolute atomic E-state index is 0.0574. The molecule has 0 heterocycles. The maximum Gasteiger partial charge on any atom is 0.314 e. The molecule has 0 radical (unpaired) electrons. The van der Waals surface area contributed by atoms with E-state index in [4.69, 9.17) is 16.3 Å². The third kappa shape index (κ3) is 4.50. The van der Waals surface area contributed by atoms with E-state index in [0.29, 0.717) is 10.8 Å². The summed E-state index contributed by atoms with van der Waals surface area (Å²) in [5.74, 6) is 0.0546. The first-order chi connectivity index (χ1) is 12.1. The number of hydrogen-bond acceptors (Lipinski definition) is 3. The fourth-order valence-electron chi connectivity index (χ4n) is 3.25. The Morgan fingerprint density at radius 3 is 2.48 bits per heavy atom. The van der Waals surface area contributed by atoms with Crippen LogP contribution in [0.25, 0.3) is 5.57 Å². The molecule has 0 amide bonds. The average Bonchev–Trinajstić information content (AvgIpc) is 2.63. The highest BCUT2D eigenvalue weighted by Gasteiger charge is 2.24. The van der Waals surface area contributed by atoms with Crippen molar-refractivity contribution in [1.29, 1.82) is 0 Å². The summed E-state index contributed by atoms with van der Waals surface area (Å²) in [7, 11) is 0. The number of carbonyl (C=O) groups is 1. The molecule has 1 unspecified atom stereocenters. The summed E-state index contributed by atoms with van der Waals surface area (Å²) in [6.07, 6.45) is 2.81. The summed E-state index contributed by atoms with van der Waals surface area (Å²) in [5.41, 5.74) is 2.93. The zero-order chi connectivity index (χ0) is 17.6. The smallest absolute Gasteiger partial charge is 0.314 e. The fraction of sp³-hybridized carbons (Fsp3) is 0.286. The topological polar surface area (TPSA) is 46.5 Å². The van der Waals surface area contributed by atoms with Crippen molar-refractivity contribution >= 4 is 23.1 Å². The Balaban J connectivity index is 1.77. The van der Waals surface area contributed by atoms with Crippen molar-refractivity contribution in [2.45, 2.75) is 38.2 Å². The van der Waals surface area contributed by atoms with Crippen molar-refractivity contribution in [2.24, 2.45) is 0 Å². The van der Waals surface area contributed by atoms with Gasteiger partial charge in [-0.25, -0.2) is 0 Å². The Morgan fingerprint density at radius 2 is 1.72 bits per heavy atom. The highest BCUT2D eigenvalue weighted by atomic mass is 35.5. The van der Waals surface area contributed by atoms with Crippen molar-refractivity contribution in [3.05, 3.63) is 70.8 Å². The van der Waals surface area contributed by atoms with Gasteiger partial charge in [0.05, 0.1) is 12.5 Å². The maximum absolute atomic E-state index is 12.1. The van der Waals surface area contributed by atoms with Gasteiger partial charge in [-0.2, -0.15) is 0 Å². The van der Waals surface area contributed by atoms with Crippen LogP contribution in [0.3, 0.4) is 0 Å². The number of aliphatic hydroxyl groups is 1. The highest BCUT2D eigenvalue weighted by molar-refractivity contribution is 6.32. The van der Waals surface area contributed by atoms with Gasteiger partial charge in [0, 0.05) is 5.02 Å². The molecule has 25 heavy (non-hydrogen) atoms. The predicted octanol–water partition coefficient (Wildman–Crippen LogP) is 5.02. The van der Waals surface area contributed by atoms with E-state index in [1.807, 2.05) is 30.3 Å². The second-order valence-electron chi connectivity index (χ2n) is 6.20. The highest BCUT2D eigenvalue weighted by Crippen LogP contribution is 2.37. The molecule has 1 atom stereocenters. The first-order valence-corrected chi connectivity index (χ1v) is 8.93. The second-order valence-corrected chi connectivity index (χ2v) is 6.60. The molecule has 0 fully saturated rings. The standard InChI is InChI=1S/C21H21ClO3/c22-19-13-7-6-11-17(19)16-10-4-5-12-18(16)20(23)14-21(24)25-15-8-2-1-3-9-15/h1-3,6-9,11,13,20,23H,4-5,10,12,14H2. The summed E-state index contributed by atoms with van der Waals surface area (Å²) >= 11 is 6.33. The number of esters is 1. The van der Waals surface area contributed by atoms with Crippen LogP contribution in [0.1, 0.15) is 37.7 Å².